The lowest BCUT2D eigenvalue weighted by Gasteiger charge is -2.27. The van der Waals surface area contributed by atoms with Gasteiger partial charge in [-0.05, 0) is 31.9 Å². The first-order chi connectivity index (χ1) is 9.31. The standard InChI is InChI=1S/C16H25FN2/c1-2-19(16-11-7-6-10-15(16)17)13-12-18-14-8-4-3-5-9-14/h6-7,10-11,14,18H,2-5,8-9,12-13H2,1H3. The number of halogens is 1. The Morgan fingerprint density at radius 3 is 2.63 bits per heavy atom. The van der Waals surface area contributed by atoms with E-state index in [1.54, 1.807) is 6.07 Å². The van der Waals surface area contributed by atoms with Gasteiger partial charge in [0.25, 0.3) is 0 Å². The maximum absolute atomic E-state index is 13.7. The number of nitrogens with zero attached hydrogens (tertiary/aromatic N) is 1. The monoisotopic (exact) mass is 264 g/mol. The van der Waals surface area contributed by atoms with E-state index >= 15 is 0 Å². The van der Waals surface area contributed by atoms with Crippen LogP contribution in [-0.2, 0) is 0 Å². The molecular weight excluding hydrogens is 239 g/mol. The SMILES string of the molecule is CCN(CCNC1CCCCC1)c1ccccc1F. The molecule has 1 saturated carbocycles. The van der Waals surface area contributed by atoms with Gasteiger partial charge in [-0.3, -0.25) is 0 Å². The van der Waals surface area contributed by atoms with Gasteiger partial charge in [0.1, 0.15) is 5.82 Å². The van der Waals surface area contributed by atoms with Crippen LogP contribution in [0.25, 0.3) is 0 Å². The first-order valence-corrected chi connectivity index (χ1v) is 7.54. The minimum Gasteiger partial charge on any atom is -0.368 e. The summed E-state index contributed by atoms with van der Waals surface area (Å²) in [4.78, 5) is 2.10. The molecule has 0 aliphatic heterocycles. The van der Waals surface area contributed by atoms with Crippen molar-refractivity contribution in [1.29, 1.82) is 0 Å². The molecule has 1 N–H and O–H groups in total. The molecule has 19 heavy (non-hydrogen) atoms. The van der Waals surface area contributed by atoms with Gasteiger partial charge in [0.15, 0.2) is 0 Å². The highest BCUT2D eigenvalue weighted by Gasteiger charge is 2.13. The molecule has 0 saturated heterocycles. The topological polar surface area (TPSA) is 15.3 Å². The largest absolute Gasteiger partial charge is 0.368 e. The van der Waals surface area contributed by atoms with Gasteiger partial charge in [-0.1, -0.05) is 31.4 Å². The number of para-hydroxylation sites is 1. The fourth-order valence-corrected chi connectivity index (χ4v) is 2.87. The van der Waals surface area contributed by atoms with Gasteiger partial charge in [-0.15, -0.1) is 0 Å². The third-order valence-electron chi connectivity index (χ3n) is 3.99. The van der Waals surface area contributed by atoms with Crippen LogP contribution in [0.1, 0.15) is 39.0 Å². The van der Waals surface area contributed by atoms with Crippen LogP contribution in [0.2, 0.25) is 0 Å². The summed E-state index contributed by atoms with van der Waals surface area (Å²) in [7, 11) is 0. The summed E-state index contributed by atoms with van der Waals surface area (Å²) < 4.78 is 13.7. The molecule has 1 aromatic rings. The fraction of sp³-hybridized carbons (Fsp3) is 0.625. The summed E-state index contributed by atoms with van der Waals surface area (Å²) in [5.74, 6) is -0.123. The molecule has 1 fully saturated rings. The van der Waals surface area contributed by atoms with E-state index < -0.39 is 0 Å². The second-order valence-corrected chi connectivity index (χ2v) is 5.32. The number of rotatable bonds is 6. The normalized spacial score (nSPS) is 16.5. The fourth-order valence-electron chi connectivity index (χ4n) is 2.87. The number of likely N-dealkylation sites (N-methyl/N-ethyl adjacent to an activating group) is 1. The van der Waals surface area contributed by atoms with Crippen molar-refractivity contribution in [3.8, 4) is 0 Å². The van der Waals surface area contributed by atoms with Gasteiger partial charge < -0.3 is 10.2 Å². The lowest BCUT2D eigenvalue weighted by atomic mass is 9.95. The van der Waals surface area contributed by atoms with Gasteiger partial charge in [-0.25, -0.2) is 4.39 Å². The van der Waals surface area contributed by atoms with Crippen molar-refractivity contribution in [3.63, 3.8) is 0 Å². The van der Waals surface area contributed by atoms with Crippen molar-refractivity contribution < 1.29 is 4.39 Å². The zero-order valence-corrected chi connectivity index (χ0v) is 11.9. The molecule has 1 aliphatic rings. The van der Waals surface area contributed by atoms with Gasteiger partial charge >= 0.3 is 0 Å². The minimum absolute atomic E-state index is 0.123. The molecule has 0 aromatic heterocycles. The summed E-state index contributed by atoms with van der Waals surface area (Å²) >= 11 is 0. The molecule has 0 bridgehead atoms. The lowest BCUT2D eigenvalue weighted by Crippen LogP contribution is -2.38. The average molecular weight is 264 g/mol. The van der Waals surface area contributed by atoms with Gasteiger partial charge in [0.05, 0.1) is 5.69 Å². The summed E-state index contributed by atoms with van der Waals surface area (Å²) in [6.07, 6.45) is 6.68. The van der Waals surface area contributed by atoms with Crippen molar-refractivity contribution in [2.45, 2.75) is 45.1 Å². The Hall–Kier alpha value is -1.09. The van der Waals surface area contributed by atoms with Crippen molar-refractivity contribution in [3.05, 3.63) is 30.1 Å². The quantitative estimate of drug-likeness (QED) is 0.845. The minimum atomic E-state index is -0.123. The van der Waals surface area contributed by atoms with Crippen molar-refractivity contribution in [2.24, 2.45) is 0 Å². The first kappa shape index (κ1) is 14.3. The van der Waals surface area contributed by atoms with Crippen molar-refractivity contribution >= 4 is 5.69 Å². The third kappa shape index (κ3) is 4.20. The molecule has 3 heteroatoms. The zero-order valence-electron chi connectivity index (χ0n) is 11.9. The van der Waals surface area contributed by atoms with Gasteiger partial charge in [-0.2, -0.15) is 0 Å². The number of hydrogen-bond donors (Lipinski definition) is 1. The summed E-state index contributed by atoms with van der Waals surface area (Å²) in [6.45, 7) is 4.72. The van der Waals surface area contributed by atoms with E-state index in [0.29, 0.717) is 6.04 Å². The Morgan fingerprint density at radius 2 is 1.95 bits per heavy atom. The smallest absolute Gasteiger partial charge is 0.146 e. The van der Waals surface area contributed by atoms with E-state index in [9.17, 15) is 4.39 Å². The van der Waals surface area contributed by atoms with E-state index in [1.807, 2.05) is 12.1 Å². The number of anilines is 1. The van der Waals surface area contributed by atoms with Crippen molar-refractivity contribution in [2.75, 3.05) is 24.5 Å². The Balaban J connectivity index is 1.81. The molecular formula is C16H25FN2. The molecule has 0 spiro atoms. The van der Waals surface area contributed by atoms with E-state index in [4.69, 9.17) is 0 Å². The Kier molecular flexibility index (Phi) is 5.64. The van der Waals surface area contributed by atoms with Crippen LogP contribution in [0.3, 0.4) is 0 Å². The van der Waals surface area contributed by atoms with E-state index in [1.165, 1.54) is 38.2 Å². The highest BCUT2D eigenvalue weighted by molar-refractivity contribution is 5.47. The van der Waals surface area contributed by atoms with Crippen LogP contribution in [0.5, 0.6) is 0 Å². The Morgan fingerprint density at radius 1 is 1.21 bits per heavy atom. The Labute approximate surface area is 116 Å². The molecule has 106 valence electrons. The molecule has 0 unspecified atom stereocenters. The van der Waals surface area contributed by atoms with Gasteiger partial charge in [0, 0.05) is 25.7 Å². The molecule has 0 atom stereocenters. The molecule has 1 aromatic carbocycles. The number of nitrogens with one attached hydrogen (secondary N) is 1. The summed E-state index contributed by atoms with van der Waals surface area (Å²) in [6, 6.07) is 7.71. The maximum Gasteiger partial charge on any atom is 0.146 e. The predicted molar refractivity (Wildman–Crippen MR) is 79.2 cm³/mol. The second-order valence-electron chi connectivity index (χ2n) is 5.32. The van der Waals surface area contributed by atoms with Crippen LogP contribution in [-0.4, -0.2) is 25.7 Å². The van der Waals surface area contributed by atoms with E-state index in [-0.39, 0.29) is 5.82 Å². The zero-order chi connectivity index (χ0) is 13.5. The maximum atomic E-state index is 13.7. The van der Waals surface area contributed by atoms with Crippen LogP contribution < -0.4 is 10.2 Å². The highest BCUT2D eigenvalue weighted by atomic mass is 19.1. The van der Waals surface area contributed by atoms with Crippen LogP contribution >= 0.6 is 0 Å². The molecule has 0 heterocycles. The van der Waals surface area contributed by atoms with Crippen molar-refractivity contribution in [1.82, 2.24) is 5.32 Å². The number of hydrogen-bond acceptors (Lipinski definition) is 2. The highest BCUT2D eigenvalue weighted by Crippen LogP contribution is 2.19. The molecule has 0 radical (unpaired) electrons. The third-order valence-corrected chi connectivity index (χ3v) is 3.99. The predicted octanol–water partition coefficient (Wildman–Crippen LogP) is 3.57. The van der Waals surface area contributed by atoms with E-state index in [0.717, 1.165) is 25.3 Å². The first-order valence-electron chi connectivity index (χ1n) is 7.54. The lowest BCUT2D eigenvalue weighted by molar-refractivity contribution is 0.376. The van der Waals surface area contributed by atoms with Crippen LogP contribution in [0, 0.1) is 5.82 Å². The summed E-state index contributed by atoms with van der Waals surface area (Å²) in [5, 5.41) is 3.61. The van der Waals surface area contributed by atoms with Crippen LogP contribution in [0.15, 0.2) is 24.3 Å². The molecule has 2 rings (SSSR count). The summed E-state index contributed by atoms with van der Waals surface area (Å²) in [5.41, 5.74) is 0.718. The number of benzene rings is 1. The molecule has 1 aliphatic carbocycles. The average Bonchev–Trinajstić information content (AvgIpc) is 2.46. The van der Waals surface area contributed by atoms with E-state index in [2.05, 4.69) is 17.1 Å². The Bertz CT molecular complexity index is 375. The molecule has 0 amide bonds. The molecule has 2 nitrogen and oxygen atoms in total. The second kappa shape index (κ2) is 7.49. The van der Waals surface area contributed by atoms with Gasteiger partial charge in [0.2, 0.25) is 0 Å². The van der Waals surface area contributed by atoms with Crippen LogP contribution in [0.4, 0.5) is 10.1 Å².